The standard InChI is InChI=1S/C26H21N3O2/c1-17-12-14-19(15-13-17)24-27-25-22(23(30)20-10-6-7-11-21(20)28(25)2)26(31)29(24)16-18-8-4-3-5-9-18/h3-15H,16H2,1-2H3. The van der Waals surface area contributed by atoms with Crippen LogP contribution in [0, 0.1) is 6.92 Å². The molecular weight excluding hydrogens is 386 g/mol. The van der Waals surface area contributed by atoms with E-state index in [-0.39, 0.29) is 16.4 Å². The lowest BCUT2D eigenvalue weighted by Gasteiger charge is -2.16. The lowest BCUT2D eigenvalue weighted by atomic mass is 10.1. The molecule has 152 valence electrons. The van der Waals surface area contributed by atoms with Gasteiger partial charge in [-0.25, -0.2) is 4.98 Å². The van der Waals surface area contributed by atoms with Crippen LogP contribution in [0.2, 0.25) is 0 Å². The molecule has 0 fully saturated rings. The van der Waals surface area contributed by atoms with E-state index in [9.17, 15) is 9.59 Å². The molecule has 0 radical (unpaired) electrons. The molecule has 2 aromatic heterocycles. The van der Waals surface area contributed by atoms with Crippen molar-refractivity contribution in [1.82, 2.24) is 14.1 Å². The van der Waals surface area contributed by atoms with Crippen LogP contribution in [0.5, 0.6) is 0 Å². The molecule has 2 heterocycles. The Kier molecular flexibility index (Phi) is 4.51. The van der Waals surface area contributed by atoms with E-state index < -0.39 is 0 Å². The van der Waals surface area contributed by atoms with E-state index in [0.717, 1.165) is 22.2 Å². The Labute approximate surface area is 178 Å². The Hall–Kier alpha value is -3.99. The summed E-state index contributed by atoms with van der Waals surface area (Å²) < 4.78 is 3.44. The largest absolute Gasteiger partial charge is 0.328 e. The smallest absolute Gasteiger partial charge is 0.267 e. The van der Waals surface area contributed by atoms with Crippen LogP contribution in [0.1, 0.15) is 11.1 Å². The van der Waals surface area contributed by atoms with Gasteiger partial charge >= 0.3 is 0 Å². The molecule has 0 saturated carbocycles. The van der Waals surface area contributed by atoms with Crippen molar-refractivity contribution in [3.05, 3.63) is 111 Å². The van der Waals surface area contributed by atoms with Crippen LogP contribution in [0.3, 0.4) is 0 Å². The van der Waals surface area contributed by atoms with Gasteiger partial charge < -0.3 is 4.57 Å². The Bertz CT molecular complexity index is 1550. The van der Waals surface area contributed by atoms with E-state index >= 15 is 0 Å². The van der Waals surface area contributed by atoms with Gasteiger partial charge in [0.15, 0.2) is 5.65 Å². The zero-order valence-electron chi connectivity index (χ0n) is 17.4. The summed E-state index contributed by atoms with van der Waals surface area (Å²) in [4.78, 5) is 31.9. The second-order valence-electron chi connectivity index (χ2n) is 7.78. The van der Waals surface area contributed by atoms with Gasteiger partial charge in [0.05, 0.1) is 12.1 Å². The van der Waals surface area contributed by atoms with Crippen molar-refractivity contribution < 1.29 is 0 Å². The molecule has 0 bridgehead atoms. The fourth-order valence-corrected chi connectivity index (χ4v) is 4.03. The molecule has 5 aromatic rings. The molecule has 0 aliphatic rings. The summed E-state index contributed by atoms with van der Waals surface area (Å²) in [5.41, 5.74) is 3.48. The van der Waals surface area contributed by atoms with Crippen LogP contribution in [-0.2, 0) is 13.6 Å². The van der Waals surface area contributed by atoms with Gasteiger partial charge in [-0.3, -0.25) is 14.2 Å². The Balaban J connectivity index is 1.91. The normalized spacial score (nSPS) is 11.3. The number of pyridine rings is 1. The summed E-state index contributed by atoms with van der Waals surface area (Å²) in [5, 5.41) is 0.638. The van der Waals surface area contributed by atoms with Crippen LogP contribution in [0.15, 0.2) is 88.5 Å². The van der Waals surface area contributed by atoms with Gasteiger partial charge in [0.25, 0.3) is 5.56 Å². The fraction of sp³-hybridized carbons (Fsp3) is 0.115. The number of nitrogens with zero attached hydrogens (tertiary/aromatic N) is 3. The third kappa shape index (κ3) is 3.15. The summed E-state index contributed by atoms with van der Waals surface area (Å²) in [5.74, 6) is 0.548. The van der Waals surface area contributed by atoms with Crippen LogP contribution in [-0.4, -0.2) is 14.1 Å². The molecule has 0 spiro atoms. The molecule has 0 saturated heterocycles. The third-order valence-corrected chi connectivity index (χ3v) is 5.70. The molecule has 5 heteroatoms. The van der Waals surface area contributed by atoms with E-state index in [1.807, 2.05) is 91.3 Å². The number of aryl methyl sites for hydroxylation is 2. The molecule has 3 aromatic carbocycles. The van der Waals surface area contributed by atoms with Gasteiger partial charge in [0, 0.05) is 18.0 Å². The van der Waals surface area contributed by atoms with Crippen molar-refractivity contribution in [2.75, 3.05) is 0 Å². The van der Waals surface area contributed by atoms with Crippen molar-refractivity contribution in [2.24, 2.45) is 7.05 Å². The summed E-state index contributed by atoms with van der Waals surface area (Å²) in [6.07, 6.45) is 0. The van der Waals surface area contributed by atoms with Crippen molar-refractivity contribution in [1.29, 1.82) is 0 Å². The molecule has 0 atom stereocenters. The average Bonchev–Trinajstić information content (AvgIpc) is 2.80. The Morgan fingerprint density at radius 3 is 2.26 bits per heavy atom. The minimum Gasteiger partial charge on any atom is -0.328 e. The van der Waals surface area contributed by atoms with Crippen LogP contribution < -0.4 is 11.0 Å². The fourth-order valence-electron chi connectivity index (χ4n) is 4.03. The third-order valence-electron chi connectivity index (χ3n) is 5.70. The maximum atomic E-state index is 13.7. The van der Waals surface area contributed by atoms with Crippen molar-refractivity contribution in [3.8, 4) is 11.4 Å². The zero-order valence-corrected chi connectivity index (χ0v) is 17.4. The number of hydrogen-bond donors (Lipinski definition) is 0. The highest BCUT2D eigenvalue weighted by molar-refractivity contribution is 5.91. The summed E-state index contributed by atoms with van der Waals surface area (Å²) in [7, 11) is 1.84. The maximum absolute atomic E-state index is 13.7. The molecular formula is C26H21N3O2. The molecule has 0 aliphatic carbocycles. The van der Waals surface area contributed by atoms with E-state index in [0.29, 0.717) is 23.4 Å². The molecule has 31 heavy (non-hydrogen) atoms. The van der Waals surface area contributed by atoms with Gasteiger partial charge in [-0.1, -0.05) is 72.3 Å². The minimum atomic E-state index is -0.323. The van der Waals surface area contributed by atoms with Gasteiger partial charge in [-0.05, 0) is 24.6 Å². The van der Waals surface area contributed by atoms with E-state index in [1.165, 1.54) is 0 Å². The highest BCUT2D eigenvalue weighted by Gasteiger charge is 2.19. The summed E-state index contributed by atoms with van der Waals surface area (Å²) in [6.45, 7) is 2.35. The molecule has 5 nitrogen and oxygen atoms in total. The monoisotopic (exact) mass is 407 g/mol. The van der Waals surface area contributed by atoms with E-state index in [1.54, 1.807) is 10.6 Å². The lowest BCUT2D eigenvalue weighted by molar-refractivity contribution is 0.754. The van der Waals surface area contributed by atoms with Crippen molar-refractivity contribution in [3.63, 3.8) is 0 Å². The molecule has 0 N–H and O–H groups in total. The molecule has 0 unspecified atom stereocenters. The topological polar surface area (TPSA) is 56.9 Å². The minimum absolute atomic E-state index is 0.119. The van der Waals surface area contributed by atoms with E-state index in [4.69, 9.17) is 4.98 Å². The highest BCUT2D eigenvalue weighted by Crippen LogP contribution is 2.21. The van der Waals surface area contributed by atoms with Crippen molar-refractivity contribution >= 4 is 21.9 Å². The first-order valence-corrected chi connectivity index (χ1v) is 10.2. The summed E-state index contributed by atoms with van der Waals surface area (Å²) >= 11 is 0. The number of hydrogen-bond acceptors (Lipinski definition) is 3. The van der Waals surface area contributed by atoms with Gasteiger partial charge in [-0.15, -0.1) is 0 Å². The predicted molar refractivity (Wildman–Crippen MR) is 124 cm³/mol. The summed E-state index contributed by atoms with van der Waals surface area (Å²) in [6, 6.07) is 25.0. The molecule has 0 amide bonds. The SMILES string of the molecule is Cc1ccc(-c2nc3c(c(=O)c4ccccc4n3C)c(=O)n2Cc2ccccc2)cc1. The predicted octanol–water partition coefficient (Wildman–Crippen LogP) is 4.27. The van der Waals surface area contributed by atoms with Gasteiger partial charge in [0.1, 0.15) is 11.2 Å². The lowest BCUT2D eigenvalue weighted by Crippen LogP contribution is -2.29. The van der Waals surface area contributed by atoms with Gasteiger partial charge in [0.2, 0.25) is 5.43 Å². The highest BCUT2D eigenvalue weighted by atomic mass is 16.1. The van der Waals surface area contributed by atoms with Gasteiger partial charge in [-0.2, -0.15) is 0 Å². The maximum Gasteiger partial charge on any atom is 0.267 e. The zero-order chi connectivity index (χ0) is 21.5. The second kappa shape index (κ2) is 7.36. The second-order valence-corrected chi connectivity index (χ2v) is 7.78. The Morgan fingerprint density at radius 1 is 0.839 bits per heavy atom. The van der Waals surface area contributed by atoms with Crippen LogP contribution in [0.4, 0.5) is 0 Å². The number of aromatic nitrogens is 3. The van der Waals surface area contributed by atoms with Crippen LogP contribution >= 0.6 is 0 Å². The average molecular weight is 407 g/mol. The van der Waals surface area contributed by atoms with Crippen LogP contribution in [0.25, 0.3) is 33.3 Å². The van der Waals surface area contributed by atoms with Crippen molar-refractivity contribution in [2.45, 2.75) is 13.5 Å². The van der Waals surface area contributed by atoms with E-state index in [2.05, 4.69) is 0 Å². The Morgan fingerprint density at radius 2 is 1.52 bits per heavy atom. The first-order valence-electron chi connectivity index (χ1n) is 10.2. The first-order chi connectivity index (χ1) is 15.0. The number of para-hydroxylation sites is 1. The first kappa shape index (κ1) is 19.0. The molecule has 5 rings (SSSR count). The number of fused-ring (bicyclic) bond motifs is 2. The number of rotatable bonds is 3. The number of benzene rings is 3. The quantitative estimate of drug-likeness (QED) is 0.420. The molecule has 0 aliphatic heterocycles.